The normalized spacial score (nSPS) is 20.1. The second-order valence-corrected chi connectivity index (χ2v) is 4.27. The highest BCUT2D eigenvalue weighted by Gasteiger charge is 2.25. The van der Waals surface area contributed by atoms with Gasteiger partial charge in [0.25, 0.3) is 0 Å². The molecule has 2 amide bonds. The van der Waals surface area contributed by atoms with E-state index in [4.69, 9.17) is 5.73 Å². The molecule has 2 heterocycles. The minimum atomic E-state index is -0.379. The first-order chi connectivity index (χ1) is 8.18. The number of hydrogen-bond donors (Lipinski definition) is 1. The number of piperidine rings is 1. The fraction of sp³-hybridized carbons (Fsp3) is 0.545. The summed E-state index contributed by atoms with van der Waals surface area (Å²) in [5.74, 6) is 0.857. The number of anilines is 1. The van der Waals surface area contributed by atoms with E-state index in [0.717, 1.165) is 31.7 Å². The Hall–Kier alpha value is -1.85. The number of carbonyl (C=O) groups is 1. The zero-order chi connectivity index (χ0) is 12.3. The summed E-state index contributed by atoms with van der Waals surface area (Å²) in [7, 11) is 1.74. The Morgan fingerprint density at radius 2 is 2.47 bits per heavy atom. The van der Waals surface area contributed by atoms with Gasteiger partial charge in [-0.05, 0) is 25.0 Å². The number of aromatic nitrogens is 2. The third-order valence-corrected chi connectivity index (χ3v) is 3.17. The molecule has 1 aromatic rings. The Balaban J connectivity index is 2.05. The minimum absolute atomic E-state index is 0.156. The van der Waals surface area contributed by atoms with Crippen LogP contribution >= 0.6 is 0 Å². The molecule has 1 aliphatic heterocycles. The van der Waals surface area contributed by atoms with Crippen LogP contribution in [0.2, 0.25) is 0 Å². The summed E-state index contributed by atoms with van der Waals surface area (Å²) < 4.78 is 0. The van der Waals surface area contributed by atoms with E-state index in [-0.39, 0.29) is 12.1 Å². The maximum Gasteiger partial charge on any atom is 0.314 e. The number of amides is 2. The van der Waals surface area contributed by atoms with Gasteiger partial charge in [-0.25, -0.2) is 4.79 Å². The van der Waals surface area contributed by atoms with Gasteiger partial charge in [0.05, 0.1) is 6.04 Å². The van der Waals surface area contributed by atoms with Crippen LogP contribution in [0, 0.1) is 0 Å². The zero-order valence-electron chi connectivity index (χ0n) is 9.91. The van der Waals surface area contributed by atoms with Crippen LogP contribution in [0.15, 0.2) is 18.3 Å². The summed E-state index contributed by atoms with van der Waals surface area (Å²) in [6, 6.07) is 3.57. The van der Waals surface area contributed by atoms with E-state index in [2.05, 4.69) is 15.1 Å². The lowest BCUT2D eigenvalue weighted by Crippen LogP contribution is -2.50. The van der Waals surface area contributed by atoms with Gasteiger partial charge in [0.2, 0.25) is 0 Å². The standard InChI is InChI=1S/C11H17N5O/c1-15(11(12)17)9-4-3-7-16(8-9)10-5-2-6-13-14-10/h2,5-6,9H,3-4,7-8H2,1H3,(H2,12,17). The van der Waals surface area contributed by atoms with E-state index in [1.54, 1.807) is 18.1 Å². The Morgan fingerprint density at radius 3 is 3.12 bits per heavy atom. The third-order valence-electron chi connectivity index (χ3n) is 3.17. The molecule has 0 aliphatic carbocycles. The summed E-state index contributed by atoms with van der Waals surface area (Å²) in [4.78, 5) is 14.9. The highest BCUT2D eigenvalue weighted by atomic mass is 16.2. The fourth-order valence-electron chi connectivity index (χ4n) is 2.12. The summed E-state index contributed by atoms with van der Waals surface area (Å²) in [5.41, 5.74) is 5.29. The summed E-state index contributed by atoms with van der Waals surface area (Å²) in [6.07, 6.45) is 3.66. The monoisotopic (exact) mass is 235 g/mol. The van der Waals surface area contributed by atoms with E-state index < -0.39 is 0 Å². The van der Waals surface area contributed by atoms with Crippen molar-refractivity contribution in [2.24, 2.45) is 5.73 Å². The maximum atomic E-state index is 11.1. The highest BCUT2D eigenvalue weighted by molar-refractivity contribution is 5.72. The summed E-state index contributed by atoms with van der Waals surface area (Å²) >= 11 is 0. The summed E-state index contributed by atoms with van der Waals surface area (Å²) in [5, 5.41) is 7.95. The number of hydrogen-bond acceptors (Lipinski definition) is 4. The molecule has 0 spiro atoms. The van der Waals surface area contributed by atoms with Crippen LogP contribution in [0.1, 0.15) is 12.8 Å². The lowest BCUT2D eigenvalue weighted by atomic mass is 10.0. The van der Waals surface area contributed by atoms with Crippen molar-refractivity contribution >= 4 is 11.8 Å². The average molecular weight is 235 g/mol. The van der Waals surface area contributed by atoms with E-state index in [1.807, 2.05) is 12.1 Å². The van der Waals surface area contributed by atoms with Gasteiger partial charge in [0.1, 0.15) is 0 Å². The van der Waals surface area contributed by atoms with Crippen molar-refractivity contribution in [3.8, 4) is 0 Å². The molecule has 6 heteroatoms. The second kappa shape index (κ2) is 4.99. The molecule has 0 saturated carbocycles. The van der Waals surface area contributed by atoms with Gasteiger partial charge >= 0.3 is 6.03 Å². The average Bonchev–Trinajstić information content (AvgIpc) is 2.39. The molecular formula is C11H17N5O. The van der Waals surface area contributed by atoms with Crippen molar-refractivity contribution in [1.82, 2.24) is 15.1 Å². The Kier molecular flexibility index (Phi) is 3.41. The number of rotatable bonds is 2. The number of likely N-dealkylation sites (N-methyl/N-ethyl adjacent to an activating group) is 1. The molecular weight excluding hydrogens is 218 g/mol. The van der Waals surface area contributed by atoms with Crippen molar-refractivity contribution in [3.05, 3.63) is 18.3 Å². The SMILES string of the molecule is CN(C(N)=O)C1CCCN(c2cccnn2)C1. The number of urea groups is 1. The molecule has 1 aromatic heterocycles. The fourth-order valence-corrected chi connectivity index (χ4v) is 2.12. The van der Waals surface area contributed by atoms with Gasteiger partial charge in [-0.2, -0.15) is 5.10 Å². The Bertz CT molecular complexity index is 383. The molecule has 1 atom stereocenters. The highest BCUT2D eigenvalue weighted by Crippen LogP contribution is 2.19. The molecule has 17 heavy (non-hydrogen) atoms. The van der Waals surface area contributed by atoms with E-state index in [0.29, 0.717) is 0 Å². The van der Waals surface area contributed by atoms with Crippen LogP contribution in [0.3, 0.4) is 0 Å². The molecule has 92 valence electrons. The zero-order valence-corrected chi connectivity index (χ0v) is 9.91. The lowest BCUT2D eigenvalue weighted by Gasteiger charge is -2.37. The van der Waals surface area contributed by atoms with Crippen LogP contribution in [-0.2, 0) is 0 Å². The van der Waals surface area contributed by atoms with Crippen LogP contribution in [0.5, 0.6) is 0 Å². The largest absolute Gasteiger partial charge is 0.353 e. The predicted octanol–water partition coefficient (Wildman–Crippen LogP) is 0.456. The molecule has 2 rings (SSSR count). The van der Waals surface area contributed by atoms with E-state index >= 15 is 0 Å². The second-order valence-electron chi connectivity index (χ2n) is 4.27. The summed E-state index contributed by atoms with van der Waals surface area (Å²) in [6.45, 7) is 1.71. The topological polar surface area (TPSA) is 75.3 Å². The number of primary amides is 1. The molecule has 1 unspecified atom stereocenters. The molecule has 0 aromatic carbocycles. The van der Waals surface area contributed by atoms with E-state index in [9.17, 15) is 4.79 Å². The molecule has 0 radical (unpaired) electrons. The Labute approximate surface area is 100 Å². The predicted molar refractivity (Wildman–Crippen MR) is 64.6 cm³/mol. The van der Waals surface area contributed by atoms with Crippen molar-refractivity contribution in [3.63, 3.8) is 0 Å². The minimum Gasteiger partial charge on any atom is -0.353 e. The molecule has 1 aliphatic rings. The van der Waals surface area contributed by atoms with Crippen LogP contribution in [-0.4, -0.2) is 47.3 Å². The van der Waals surface area contributed by atoms with Gasteiger partial charge < -0.3 is 15.5 Å². The molecule has 2 N–H and O–H groups in total. The Morgan fingerprint density at radius 1 is 1.65 bits per heavy atom. The van der Waals surface area contributed by atoms with Gasteiger partial charge in [-0.15, -0.1) is 5.10 Å². The maximum absolute atomic E-state index is 11.1. The first-order valence-electron chi connectivity index (χ1n) is 5.73. The quantitative estimate of drug-likeness (QED) is 0.807. The van der Waals surface area contributed by atoms with Crippen molar-refractivity contribution in [1.29, 1.82) is 0 Å². The molecule has 6 nitrogen and oxygen atoms in total. The van der Waals surface area contributed by atoms with Gasteiger partial charge in [-0.3, -0.25) is 0 Å². The third kappa shape index (κ3) is 2.64. The number of nitrogens with zero attached hydrogens (tertiary/aromatic N) is 4. The molecule has 0 bridgehead atoms. The van der Waals surface area contributed by atoms with Gasteiger partial charge in [0, 0.05) is 26.3 Å². The first kappa shape index (κ1) is 11.6. The van der Waals surface area contributed by atoms with Crippen molar-refractivity contribution < 1.29 is 4.79 Å². The van der Waals surface area contributed by atoms with Gasteiger partial charge in [0.15, 0.2) is 5.82 Å². The first-order valence-corrected chi connectivity index (χ1v) is 5.73. The molecule has 1 fully saturated rings. The van der Waals surface area contributed by atoms with Crippen LogP contribution in [0.4, 0.5) is 10.6 Å². The number of nitrogens with two attached hydrogens (primary N) is 1. The van der Waals surface area contributed by atoms with Crippen molar-refractivity contribution in [2.45, 2.75) is 18.9 Å². The van der Waals surface area contributed by atoms with Crippen molar-refractivity contribution in [2.75, 3.05) is 25.0 Å². The number of carbonyl (C=O) groups excluding carboxylic acids is 1. The van der Waals surface area contributed by atoms with Crippen LogP contribution in [0.25, 0.3) is 0 Å². The lowest BCUT2D eigenvalue weighted by molar-refractivity contribution is 0.192. The van der Waals surface area contributed by atoms with Crippen LogP contribution < -0.4 is 10.6 Å². The smallest absolute Gasteiger partial charge is 0.314 e. The molecule has 1 saturated heterocycles. The van der Waals surface area contributed by atoms with E-state index in [1.165, 1.54) is 0 Å². The van der Waals surface area contributed by atoms with Gasteiger partial charge in [-0.1, -0.05) is 0 Å².